The number of amides is 1. The summed E-state index contributed by atoms with van der Waals surface area (Å²) in [4.78, 5) is 16.8. The Morgan fingerprint density at radius 1 is 1.05 bits per heavy atom. The van der Waals surface area contributed by atoms with Gasteiger partial charge in [-0.15, -0.1) is 0 Å². The van der Waals surface area contributed by atoms with Gasteiger partial charge in [-0.3, -0.25) is 4.79 Å². The van der Waals surface area contributed by atoms with Gasteiger partial charge in [-0.25, -0.2) is 0 Å². The molecule has 3 rings (SSSR count). The fourth-order valence-electron chi connectivity index (χ4n) is 2.95. The van der Waals surface area contributed by atoms with E-state index >= 15 is 0 Å². The molecule has 0 spiro atoms. The molecule has 1 aliphatic rings. The van der Waals surface area contributed by atoms with Crippen molar-refractivity contribution < 1.29 is 4.79 Å². The first kappa shape index (κ1) is 13.7. The lowest BCUT2D eigenvalue weighted by molar-refractivity contribution is -0.119. The fraction of sp³-hybridized carbons (Fsp3) is 0.278. The summed E-state index contributed by atoms with van der Waals surface area (Å²) in [6, 6.07) is 20.0. The molecular formula is C18H20N2O. The summed E-state index contributed by atoms with van der Waals surface area (Å²) in [5.74, 6) is 0.169. The topological polar surface area (TPSA) is 23.6 Å². The predicted octanol–water partition coefficient (Wildman–Crippen LogP) is 3.32. The highest BCUT2D eigenvalue weighted by Crippen LogP contribution is 2.27. The van der Waals surface area contributed by atoms with Gasteiger partial charge in [-0.05, 0) is 37.1 Å². The first-order valence-electron chi connectivity index (χ1n) is 7.41. The van der Waals surface area contributed by atoms with Crippen molar-refractivity contribution in [1.82, 2.24) is 0 Å². The Labute approximate surface area is 125 Å². The van der Waals surface area contributed by atoms with Gasteiger partial charge in [0.05, 0.1) is 0 Å². The molecule has 1 heterocycles. The molecule has 1 unspecified atom stereocenters. The third kappa shape index (κ3) is 2.77. The van der Waals surface area contributed by atoms with Gasteiger partial charge in [-0.2, -0.15) is 0 Å². The predicted molar refractivity (Wildman–Crippen MR) is 86.7 cm³/mol. The third-order valence-electron chi connectivity index (χ3n) is 4.10. The van der Waals surface area contributed by atoms with Gasteiger partial charge in [0.1, 0.15) is 6.04 Å². The molecule has 1 atom stereocenters. The second-order valence-electron chi connectivity index (χ2n) is 5.42. The number of likely N-dealkylation sites (N-methyl/N-ethyl adjacent to an activating group) is 1. The number of carbonyl (C=O) groups is 1. The van der Waals surface area contributed by atoms with Crippen molar-refractivity contribution in [1.29, 1.82) is 0 Å². The molecule has 2 aromatic carbocycles. The maximum atomic E-state index is 12.8. The van der Waals surface area contributed by atoms with E-state index in [-0.39, 0.29) is 11.9 Å². The second-order valence-corrected chi connectivity index (χ2v) is 5.42. The van der Waals surface area contributed by atoms with Crippen LogP contribution in [0.25, 0.3) is 0 Å². The van der Waals surface area contributed by atoms with E-state index in [1.54, 1.807) is 4.90 Å². The van der Waals surface area contributed by atoms with E-state index in [1.807, 2.05) is 55.6 Å². The summed E-state index contributed by atoms with van der Waals surface area (Å²) in [5.41, 5.74) is 2.08. The molecule has 1 aliphatic heterocycles. The lowest BCUT2D eigenvalue weighted by Gasteiger charge is -2.29. The van der Waals surface area contributed by atoms with E-state index in [0.29, 0.717) is 0 Å². The largest absolute Gasteiger partial charge is 0.360 e. The van der Waals surface area contributed by atoms with E-state index in [1.165, 1.54) is 0 Å². The molecule has 21 heavy (non-hydrogen) atoms. The monoisotopic (exact) mass is 280 g/mol. The summed E-state index contributed by atoms with van der Waals surface area (Å²) in [6.45, 7) is 0.947. The number of nitrogens with zero attached hydrogens (tertiary/aromatic N) is 2. The lowest BCUT2D eigenvalue weighted by Crippen LogP contribution is -2.44. The second kappa shape index (κ2) is 6.00. The molecule has 3 nitrogen and oxygen atoms in total. The highest BCUT2D eigenvalue weighted by molar-refractivity contribution is 5.98. The van der Waals surface area contributed by atoms with Gasteiger partial charge < -0.3 is 9.80 Å². The summed E-state index contributed by atoms with van der Waals surface area (Å²) in [6.07, 6.45) is 1.98. The van der Waals surface area contributed by atoms with Crippen LogP contribution in [0.4, 0.5) is 11.4 Å². The number of hydrogen-bond acceptors (Lipinski definition) is 2. The standard InChI is InChI=1S/C18H20N2O/c1-19(15-9-4-2-5-10-15)18(21)17-13-8-14-20(17)16-11-6-3-7-12-16/h2-7,9-12,17H,8,13-14H2,1H3. The van der Waals surface area contributed by atoms with Crippen LogP contribution in [0.5, 0.6) is 0 Å². The third-order valence-corrected chi connectivity index (χ3v) is 4.10. The minimum Gasteiger partial charge on any atom is -0.360 e. The molecule has 0 aliphatic carbocycles. The van der Waals surface area contributed by atoms with E-state index in [9.17, 15) is 4.79 Å². The Balaban J connectivity index is 1.81. The van der Waals surface area contributed by atoms with Gasteiger partial charge in [0.2, 0.25) is 5.91 Å². The maximum absolute atomic E-state index is 12.8. The van der Waals surface area contributed by atoms with Crippen LogP contribution in [0, 0.1) is 0 Å². The Morgan fingerprint density at radius 2 is 1.67 bits per heavy atom. The molecule has 3 heteroatoms. The summed E-state index contributed by atoms with van der Waals surface area (Å²) < 4.78 is 0. The van der Waals surface area contributed by atoms with Crippen LogP contribution < -0.4 is 9.80 Å². The normalized spacial score (nSPS) is 17.8. The van der Waals surface area contributed by atoms with Crippen molar-refractivity contribution in [3.63, 3.8) is 0 Å². The maximum Gasteiger partial charge on any atom is 0.249 e. The number of para-hydroxylation sites is 2. The van der Waals surface area contributed by atoms with Crippen molar-refractivity contribution in [2.45, 2.75) is 18.9 Å². The van der Waals surface area contributed by atoms with Crippen molar-refractivity contribution in [2.75, 3.05) is 23.4 Å². The average molecular weight is 280 g/mol. The van der Waals surface area contributed by atoms with Crippen LogP contribution in [-0.4, -0.2) is 25.5 Å². The summed E-state index contributed by atoms with van der Waals surface area (Å²) >= 11 is 0. The zero-order valence-electron chi connectivity index (χ0n) is 12.3. The van der Waals surface area contributed by atoms with E-state index in [4.69, 9.17) is 0 Å². The number of rotatable bonds is 3. The van der Waals surface area contributed by atoms with Gasteiger partial charge in [0.15, 0.2) is 0 Å². The highest BCUT2D eigenvalue weighted by Gasteiger charge is 2.33. The van der Waals surface area contributed by atoms with Crippen LogP contribution in [0.3, 0.4) is 0 Å². The molecule has 1 fully saturated rings. The van der Waals surface area contributed by atoms with E-state index in [2.05, 4.69) is 17.0 Å². The van der Waals surface area contributed by atoms with Crippen LogP contribution in [0.1, 0.15) is 12.8 Å². The molecule has 0 aromatic heterocycles. The van der Waals surface area contributed by atoms with Crippen LogP contribution in [-0.2, 0) is 4.79 Å². The molecule has 1 amide bonds. The van der Waals surface area contributed by atoms with Crippen molar-refractivity contribution in [3.8, 4) is 0 Å². The summed E-state index contributed by atoms with van der Waals surface area (Å²) in [5, 5.41) is 0. The Bertz CT molecular complexity index is 597. The molecule has 108 valence electrons. The van der Waals surface area contributed by atoms with Crippen LogP contribution >= 0.6 is 0 Å². The highest BCUT2D eigenvalue weighted by atomic mass is 16.2. The molecule has 1 saturated heterocycles. The SMILES string of the molecule is CN(C(=O)C1CCCN1c1ccccc1)c1ccccc1. The zero-order chi connectivity index (χ0) is 14.7. The smallest absolute Gasteiger partial charge is 0.249 e. The van der Waals surface area contributed by atoms with Crippen molar-refractivity contribution in [2.24, 2.45) is 0 Å². The lowest BCUT2D eigenvalue weighted by atomic mass is 10.1. The molecule has 2 aromatic rings. The molecular weight excluding hydrogens is 260 g/mol. The first-order valence-corrected chi connectivity index (χ1v) is 7.41. The first-order chi connectivity index (χ1) is 10.3. The van der Waals surface area contributed by atoms with Crippen LogP contribution in [0.2, 0.25) is 0 Å². The van der Waals surface area contributed by atoms with Gasteiger partial charge in [0, 0.05) is 25.0 Å². The zero-order valence-corrected chi connectivity index (χ0v) is 12.3. The fourth-order valence-corrected chi connectivity index (χ4v) is 2.95. The number of hydrogen-bond donors (Lipinski definition) is 0. The minimum atomic E-state index is -0.0578. The summed E-state index contributed by atoms with van der Waals surface area (Å²) in [7, 11) is 1.86. The number of anilines is 2. The quantitative estimate of drug-likeness (QED) is 0.861. The van der Waals surface area contributed by atoms with Crippen LogP contribution in [0.15, 0.2) is 60.7 Å². The van der Waals surface area contributed by atoms with Crippen molar-refractivity contribution in [3.05, 3.63) is 60.7 Å². The van der Waals surface area contributed by atoms with Gasteiger partial charge in [0.25, 0.3) is 0 Å². The number of benzene rings is 2. The molecule has 0 N–H and O–H groups in total. The minimum absolute atomic E-state index is 0.0578. The van der Waals surface area contributed by atoms with E-state index < -0.39 is 0 Å². The van der Waals surface area contributed by atoms with E-state index in [0.717, 1.165) is 30.8 Å². The van der Waals surface area contributed by atoms with Gasteiger partial charge in [-0.1, -0.05) is 36.4 Å². The average Bonchev–Trinajstić information content (AvgIpc) is 3.04. The van der Waals surface area contributed by atoms with Crippen molar-refractivity contribution >= 4 is 17.3 Å². The molecule has 0 bridgehead atoms. The Morgan fingerprint density at radius 3 is 2.33 bits per heavy atom. The van der Waals surface area contributed by atoms with Gasteiger partial charge >= 0.3 is 0 Å². The molecule has 0 saturated carbocycles. The Hall–Kier alpha value is -2.29. The molecule has 0 radical (unpaired) electrons. The number of carbonyl (C=O) groups excluding carboxylic acids is 1. The Kier molecular flexibility index (Phi) is 3.91.